The summed E-state index contributed by atoms with van der Waals surface area (Å²) < 4.78 is 16.4. The van der Waals surface area contributed by atoms with Crippen LogP contribution < -0.4 is 5.32 Å². The van der Waals surface area contributed by atoms with Gasteiger partial charge >= 0.3 is 17.9 Å². The minimum atomic E-state index is -1.54. The monoisotopic (exact) mass is 591 g/mol. The van der Waals surface area contributed by atoms with Gasteiger partial charge in [-0.3, -0.25) is 9.59 Å². The molecule has 0 spiro atoms. The van der Waals surface area contributed by atoms with E-state index in [1.807, 2.05) is 6.92 Å². The zero-order valence-corrected chi connectivity index (χ0v) is 26.6. The molecule has 0 aromatic heterocycles. The Hall–Kier alpha value is -2.00. The highest BCUT2D eigenvalue weighted by Crippen LogP contribution is 2.68. The van der Waals surface area contributed by atoms with Crippen LogP contribution in [0.15, 0.2) is 0 Å². The Morgan fingerprint density at radius 1 is 0.881 bits per heavy atom. The number of aliphatic hydroxyl groups is 1. The van der Waals surface area contributed by atoms with Gasteiger partial charge < -0.3 is 24.6 Å². The molecular weight excluding hydrogens is 538 g/mol. The summed E-state index contributed by atoms with van der Waals surface area (Å²) in [6, 6.07) is 0. The maximum Gasteiger partial charge on any atom is 0.350 e. The van der Waals surface area contributed by atoms with Crippen LogP contribution in [-0.2, 0) is 33.4 Å². The SMILES string of the molecule is CC(=O)[C@H]1CC[C@H]2[C@@H]3CC[C@H]4C[C@](C)(OC(=O)COC(=O)C(C)(C)OC(=O)CCNCCO)CC[C@]4(C)[C@H]3CC[C@]12C. The number of fused-ring (bicyclic) bond motifs is 5. The molecule has 0 aromatic rings. The zero-order chi connectivity index (χ0) is 30.9. The van der Waals surface area contributed by atoms with Crippen molar-refractivity contribution in [2.24, 2.45) is 40.4 Å². The molecule has 0 saturated heterocycles. The Balaban J connectivity index is 1.28. The van der Waals surface area contributed by atoms with Crippen molar-refractivity contribution in [3.05, 3.63) is 0 Å². The summed E-state index contributed by atoms with van der Waals surface area (Å²) in [7, 11) is 0. The third-order valence-electron chi connectivity index (χ3n) is 11.8. The van der Waals surface area contributed by atoms with Gasteiger partial charge in [0, 0.05) is 19.0 Å². The van der Waals surface area contributed by atoms with E-state index in [2.05, 4.69) is 19.2 Å². The Kier molecular flexibility index (Phi) is 9.83. The van der Waals surface area contributed by atoms with Gasteiger partial charge in [0.25, 0.3) is 0 Å². The van der Waals surface area contributed by atoms with Crippen LogP contribution in [0.25, 0.3) is 0 Å². The standard InChI is InChI=1S/C33H53NO8/c1-21(36)24-9-10-25-23-8-7-22-19-31(4,14-15-32(22,5)26(23)11-13-33(24,25)6)42-28(38)20-40-29(39)30(2,3)41-27(37)12-16-34-17-18-35/h22-26,34-35H,7-20H2,1-6H3/t22-,23-,24+,25-,26-,31+,32-,33+/m0/s1. The summed E-state index contributed by atoms with van der Waals surface area (Å²) >= 11 is 0. The molecule has 4 rings (SSSR count). The number of aliphatic hydroxyl groups excluding tert-OH is 1. The molecule has 9 nitrogen and oxygen atoms in total. The molecule has 0 aromatic carbocycles. The van der Waals surface area contributed by atoms with Gasteiger partial charge in [-0.15, -0.1) is 0 Å². The molecular formula is C33H53NO8. The van der Waals surface area contributed by atoms with Crippen molar-refractivity contribution in [1.82, 2.24) is 5.32 Å². The number of esters is 3. The molecule has 4 aliphatic carbocycles. The second-order valence-electron chi connectivity index (χ2n) is 14.9. The molecule has 0 bridgehead atoms. The van der Waals surface area contributed by atoms with Crippen molar-refractivity contribution in [1.29, 1.82) is 0 Å². The lowest BCUT2D eigenvalue weighted by molar-refractivity contribution is -0.191. The lowest BCUT2D eigenvalue weighted by Crippen LogP contribution is -2.56. The highest BCUT2D eigenvalue weighted by molar-refractivity contribution is 5.84. The number of hydrogen-bond acceptors (Lipinski definition) is 9. The summed E-state index contributed by atoms with van der Waals surface area (Å²) in [5.41, 5.74) is -1.79. The van der Waals surface area contributed by atoms with Gasteiger partial charge in [-0.1, -0.05) is 13.8 Å². The van der Waals surface area contributed by atoms with Crippen LogP contribution in [0, 0.1) is 40.4 Å². The highest BCUT2D eigenvalue weighted by atomic mass is 16.6. The number of carbonyl (C=O) groups is 4. The van der Waals surface area contributed by atoms with Crippen molar-refractivity contribution in [3.63, 3.8) is 0 Å². The third-order valence-corrected chi connectivity index (χ3v) is 11.8. The first kappa shape index (κ1) is 32.9. The fourth-order valence-corrected chi connectivity index (χ4v) is 9.55. The predicted octanol–water partition coefficient (Wildman–Crippen LogP) is 4.37. The summed E-state index contributed by atoms with van der Waals surface area (Å²) in [6.07, 6.45) is 9.45. The number of carbonyl (C=O) groups excluding carboxylic acids is 4. The minimum Gasteiger partial charge on any atom is -0.457 e. The van der Waals surface area contributed by atoms with Crippen molar-refractivity contribution in [3.8, 4) is 0 Å². The second-order valence-corrected chi connectivity index (χ2v) is 14.9. The Labute approximate surface area is 251 Å². The third kappa shape index (κ3) is 6.57. The number of ether oxygens (including phenoxy) is 3. The van der Waals surface area contributed by atoms with Crippen LogP contribution in [0.4, 0.5) is 0 Å². The predicted molar refractivity (Wildman–Crippen MR) is 156 cm³/mol. The molecule has 0 radical (unpaired) electrons. The molecule has 0 heterocycles. The van der Waals surface area contributed by atoms with Crippen LogP contribution >= 0.6 is 0 Å². The van der Waals surface area contributed by atoms with E-state index in [1.165, 1.54) is 33.1 Å². The smallest absolute Gasteiger partial charge is 0.350 e. The van der Waals surface area contributed by atoms with Gasteiger partial charge in [0.1, 0.15) is 11.4 Å². The number of nitrogens with one attached hydrogen (secondary N) is 1. The Morgan fingerprint density at radius 2 is 1.60 bits per heavy atom. The molecule has 9 heteroatoms. The lowest BCUT2D eigenvalue weighted by atomic mass is 9.44. The average Bonchev–Trinajstić information content (AvgIpc) is 3.27. The first-order valence-electron chi connectivity index (χ1n) is 16.1. The number of Topliss-reactive ketones (excluding diaryl/α,β-unsaturated/α-hetero) is 1. The van der Waals surface area contributed by atoms with Crippen molar-refractivity contribution in [2.75, 3.05) is 26.3 Å². The molecule has 2 N–H and O–H groups in total. The maximum absolute atomic E-state index is 12.8. The van der Waals surface area contributed by atoms with E-state index < -0.39 is 35.7 Å². The Bertz CT molecular complexity index is 1040. The van der Waals surface area contributed by atoms with Gasteiger partial charge in [-0.05, 0) is 120 Å². The molecule has 4 aliphatic rings. The van der Waals surface area contributed by atoms with Crippen LogP contribution in [-0.4, -0.2) is 66.3 Å². The fraction of sp³-hybridized carbons (Fsp3) is 0.879. The second kappa shape index (κ2) is 12.5. The number of ketones is 1. The van der Waals surface area contributed by atoms with E-state index in [0.717, 1.165) is 38.5 Å². The summed E-state index contributed by atoms with van der Waals surface area (Å²) in [5.74, 6) is 1.04. The molecule has 238 valence electrons. The van der Waals surface area contributed by atoms with Gasteiger partial charge in [0.15, 0.2) is 6.61 Å². The fourth-order valence-electron chi connectivity index (χ4n) is 9.55. The maximum atomic E-state index is 12.8. The van der Waals surface area contributed by atoms with Crippen molar-refractivity contribution < 1.29 is 38.5 Å². The minimum absolute atomic E-state index is 0.0353. The Morgan fingerprint density at radius 3 is 2.29 bits per heavy atom. The van der Waals surface area contributed by atoms with Crippen molar-refractivity contribution >= 4 is 23.7 Å². The van der Waals surface area contributed by atoms with E-state index >= 15 is 0 Å². The quantitative estimate of drug-likeness (QED) is 0.204. The molecule has 0 aliphatic heterocycles. The van der Waals surface area contributed by atoms with Crippen LogP contribution in [0.5, 0.6) is 0 Å². The average molecular weight is 592 g/mol. The molecule has 0 unspecified atom stereocenters. The van der Waals surface area contributed by atoms with Gasteiger partial charge in [0.2, 0.25) is 5.60 Å². The highest BCUT2D eigenvalue weighted by Gasteiger charge is 2.61. The van der Waals surface area contributed by atoms with E-state index in [9.17, 15) is 19.2 Å². The lowest BCUT2D eigenvalue weighted by Gasteiger charge is -2.62. The normalized spacial score (nSPS) is 37.5. The van der Waals surface area contributed by atoms with Crippen molar-refractivity contribution in [2.45, 2.75) is 117 Å². The number of hydrogen-bond donors (Lipinski definition) is 2. The molecule has 8 atom stereocenters. The summed E-state index contributed by atoms with van der Waals surface area (Å²) in [6.45, 7) is 11.6. The summed E-state index contributed by atoms with van der Waals surface area (Å²) in [5, 5.41) is 11.7. The first-order valence-corrected chi connectivity index (χ1v) is 16.1. The molecule has 42 heavy (non-hydrogen) atoms. The number of rotatable bonds is 11. The molecule has 0 amide bonds. The molecule has 4 saturated carbocycles. The van der Waals surface area contributed by atoms with Crippen LogP contribution in [0.1, 0.15) is 106 Å². The van der Waals surface area contributed by atoms with Gasteiger partial charge in [0.05, 0.1) is 13.0 Å². The topological polar surface area (TPSA) is 128 Å². The van der Waals surface area contributed by atoms with E-state index in [0.29, 0.717) is 42.5 Å². The van der Waals surface area contributed by atoms with E-state index in [1.54, 1.807) is 6.92 Å². The molecule has 4 fully saturated rings. The van der Waals surface area contributed by atoms with Crippen LogP contribution in [0.3, 0.4) is 0 Å². The van der Waals surface area contributed by atoms with Crippen LogP contribution in [0.2, 0.25) is 0 Å². The van der Waals surface area contributed by atoms with E-state index in [4.69, 9.17) is 19.3 Å². The summed E-state index contributed by atoms with van der Waals surface area (Å²) in [4.78, 5) is 49.9. The van der Waals surface area contributed by atoms with Gasteiger partial charge in [-0.2, -0.15) is 0 Å². The first-order chi connectivity index (χ1) is 19.6. The largest absolute Gasteiger partial charge is 0.457 e. The zero-order valence-electron chi connectivity index (χ0n) is 26.6. The van der Waals surface area contributed by atoms with E-state index in [-0.39, 0.29) is 29.8 Å². The van der Waals surface area contributed by atoms with Gasteiger partial charge in [-0.25, -0.2) is 9.59 Å².